The molecule has 2 aromatic rings. The van der Waals surface area contributed by atoms with Gasteiger partial charge in [-0.25, -0.2) is 0 Å². The van der Waals surface area contributed by atoms with Crippen molar-refractivity contribution < 1.29 is 4.79 Å². The van der Waals surface area contributed by atoms with Crippen molar-refractivity contribution in [1.29, 1.82) is 0 Å². The first-order chi connectivity index (χ1) is 8.75. The zero-order valence-electron chi connectivity index (χ0n) is 10.3. The number of hydrogen-bond acceptors (Lipinski definition) is 3. The molecular formula is C14H16N2OS. The first-order valence-electron chi connectivity index (χ1n) is 6.26. The Hall–Kier alpha value is -1.39. The van der Waals surface area contributed by atoms with Crippen LogP contribution in [0.5, 0.6) is 0 Å². The number of amides is 1. The second-order valence-corrected chi connectivity index (χ2v) is 5.78. The van der Waals surface area contributed by atoms with E-state index in [0.29, 0.717) is 0 Å². The molecule has 4 heteroatoms. The molecule has 0 saturated carbocycles. The van der Waals surface area contributed by atoms with E-state index in [9.17, 15) is 4.79 Å². The van der Waals surface area contributed by atoms with Gasteiger partial charge in [0, 0.05) is 30.4 Å². The number of fused-ring (bicyclic) bond motifs is 1. The van der Waals surface area contributed by atoms with E-state index in [1.807, 2.05) is 23.1 Å². The number of piperazine rings is 1. The van der Waals surface area contributed by atoms with E-state index < -0.39 is 0 Å². The van der Waals surface area contributed by atoms with Crippen molar-refractivity contribution in [2.75, 3.05) is 19.6 Å². The monoisotopic (exact) mass is 260 g/mol. The van der Waals surface area contributed by atoms with Gasteiger partial charge in [0.15, 0.2) is 0 Å². The Morgan fingerprint density at radius 3 is 3.06 bits per heavy atom. The lowest BCUT2D eigenvalue weighted by atomic mass is 10.2. The molecule has 1 atom stereocenters. The minimum Gasteiger partial charge on any atom is -0.333 e. The van der Waals surface area contributed by atoms with Gasteiger partial charge in [-0.2, -0.15) is 0 Å². The third-order valence-electron chi connectivity index (χ3n) is 3.40. The molecule has 18 heavy (non-hydrogen) atoms. The van der Waals surface area contributed by atoms with Gasteiger partial charge in [-0.3, -0.25) is 4.79 Å². The minimum absolute atomic E-state index is 0.171. The predicted molar refractivity (Wildman–Crippen MR) is 75.2 cm³/mol. The molecule has 1 aliphatic rings. The highest BCUT2D eigenvalue weighted by Crippen LogP contribution is 2.26. The van der Waals surface area contributed by atoms with E-state index in [2.05, 4.69) is 24.4 Å². The van der Waals surface area contributed by atoms with Crippen molar-refractivity contribution in [2.45, 2.75) is 13.0 Å². The molecule has 0 bridgehead atoms. The highest BCUT2D eigenvalue weighted by Gasteiger charge is 2.25. The zero-order valence-corrected chi connectivity index (χ0v) is 11.2. The van der Waals surface area contributed by atoms with E-state index >= 15 is 0 Å². The largest absolute Gasteiger partial charge is 0.333 e. The Balaban J connectivity index is 1.91. The molecular weight excluding hydrogens is 244 g/mol. The molecule has 2 heterocycles. The summed E-state index contributed by atoms with van der Waals surface area (Å²) in [6.45, 7) is 4.67. The molecule has 0 spiro atoms. The average molecular weight is 260 g/mol. The smallest absolute Gasteiger partial charge is 0.264 e. The van der Waals surface area contributed by atoms with Gasteiger partial charge in [-0.05, 0) is 24.4 Å². The van der Waals surface area contributed by atoms with Crippen LogP contribution in [-0.4, -0.2) is 36.5 Å². The lowest BCUT2D eigenvalue weighted by Crippen LogP contribution is -2.52. The van der Waals surface area contributed by atoms with Crippen LogP contribution in [0.1, 0.15) is 16.6 Å². The predicted octanol–water partition coefficient (Wildman–Crippen LogP) is 2.34. The maximum Gasteiger partial charge on any atom is 0.264 e. The van der Waals surface area contributed by atoms with Crippen LogP contribution in [-0.2, 0) is 0 Å². The Morgan fingerprint density at radius 1 is 1.44 bits per heavy atom. The number of hydrogen-bond donors (Lipinski definition) is 1. The Bertz CT molecular complexity index is 545. The normalized spacial score (nSPS) is 20.3. The van der Waals surface area contributed by atoms with Crippen LogP contribution >= 0.6 is 11.3 Å². The molecule has 0 aliphatic carbocycles. The van der Waals surface area contributed by atoms with Crippen molar-refractivity contribution in [3.05, 3.63) is 35.2 Å². The Kier molecular flexibility index (Phi) is 3.06. The fourth-order valence-corrected chi connectivity index (χ4v) is 3.39. The minimum atomic E-state index is 0.171. The molecule has 1 fully saturated rings. The van der Waals surface area contributed by atoms with Crippen molar-refractivity contribution in [2.24, 2.45) is 0 Å². The van der Waals surface area contributed by atoms with Crippen LogP contribution in [0.15, 0.2) is 30.3 Å². The standard InChI is InChI=1S/C14H16N2OS/c1-10-9-15-6-7-16(10)14(17)13-8-11-4-2-3-5-12(11)18-13/h2-5,8,10,15H,6-7,9H2,1H3/t10-/m0/s1. The van der Waals surface area contributed by atoms with E-state index in [1.165, 1.54) is 4.70 Å². The molecule has 3 rings (SSSR count). The van der Waals surface area contributed by atoms with Crippen molar-refractivity contribution >= 4 is 27.3 Å². The molecule has 1 saturated heterocycles. The van der Waals surface area contributed by atoms with Crippen LogP contribution in [0.25, 0.3) is 10.1 Å². The quantitative estimate of drug-likeness (QED) is 0.853. The van der Waals surface area contributed by atoms with E-state index in [-0.39, 0.29) is 11.9 Å². The van der Waals surface area contributed by atoms with Crippen molar-refractivity contribution in [3.8, 4) is 0 Å². The summed E-state index contributed by atoms with van der Waals surface area (Å²) in [6.07, 6.45) is 0. The molecule has 1 aromatic carbocycles. The van der Waals surface area contributed by atoms with E-state index in [0.717, 1.165) is 29.9 Å². The first-order valence-corrected chi connectivity index (χ1v) is 7.07. The average Bonchev–Trinajstić information content (AvgIpc) is 2.82. The second kappa shape index (κ2) is 4.71. The van der Waals surface area contributed by atoms with Crippen molar-refractivity contribution in [1.82, 2.24) is 10.2 Å². The van der Waals surface area contributed by atoms with Crippen molar-refractivity contribution in [3.63, 3.8) is 0 Å². The van der Waals surface area contributed by atoms with Gasteiger partial charge < -0.3 is 10.2 Å². The van der Waals surface area contributed by atoms with Gasteiger partial charge in [0.1, 0.15) is 0 Å². The van der Waals surface area contributed by atoms with Gasteiger partial charge in [0.05, 0.1) is 4.88 Å². The highest BCUT2D eigenvalue weighted by molar-refractivity contribution is 7.20. The van der Waals surface area contributed by atoms with E-state index in [1.54, 1.807) is 11.3 Å². The van der Waals surface area contributed by atoms with Gasteiger partial charge in [-0.1, -0.05) is 18.2 Å². The summed E-state index contributed by atoms with van der Waals surface area (Å²) in [5, 5.41) is 4.47. The summed E-state index contributed by atoms with van der Waals surface area (Å²) in [6, 6.07) is 10.4. The zero-order chi connectivity index (χ0) is 12.5. The third kappa shape index (κ3) is 2.02. The fraction of sp³-hybridized carbons (Fsp3) is 0.357. The van der Waals surface area contributed by atoms with E-state index in [4.69, 9.17) is 0 Å². The van der Waals surface area contributed by atoms with Gasteiger partial charge in [0.25, 0.3) is 5.91 Å². The van der Waals surface area contributed by atoms with Crippen LogP contribution in [0.3, 0.4) is 0 Å². The summed E-state index contributed by atoms with van der Waals surface area (Å²) in [5.74, 6) is 0.171. The lowest BCUT2D eigenvalue weighted by molar-refractivity contribution is 0.0661. The van der Waals surface area contributed by atoms with Crippen LogP contribution in [0, 0.1) is 0 Å². The molecule has 1 aromatic heterocycles. The number of carbonyl (C=O) groups is 1. The summed E-state index contributed by atoms with van der Waals surface area (Å²) in [4.78, 5) is 15.3. The van der Waals surface area contributed by atoms with Gasteiger partial charge in [-0.15, -0.1) is 11.3 Å². The number of thiophene rings is 1. The molecule has 94 valence electrons. The maximum absolute atomic E-state index is 12.5. The fourth-order valence-electron chi connectivity index (χ4n) is 2.37. The van der Waals surface area contributed by atoms with Crippen LogP contribution < -0.4 is 5.32 Å². The Morgan fingerprint density at radius 2 is 2.28 bits per heavy atom. The topological polar surface area (TPSA) is 32.3 Å². The highest BCUT2D eigenvalue weighted by atomic mass is 32.1. The molecule has 0 radical (unpaired) electrons. The number of nitrogens with zero attached hydrogens (tertiary/aromatic N) is 1. The van der Waals surface area contributed by atoms with Gasteiger partial charge in [0.2, 0.25) is 0 Å². The lowest BCUT2D eigenvalue weighted by Gasteiger charge is -2.33. The third-order valence-corrected chi connectivity index (χ3v) is 4.50. The number of carbonyl (C=O) groups excluding carboxylic acids is 1. The summed E-state index contributed by atoms with van der Waals surface area (Å²) < 4.78 is 1.18. The number of rotatable bonds is 1. The first kappa shape index (κ1) is 11.7. The number of nitrogens with one attached hydrogen (secondary N) is 1. The van der Waals surface area contributed by atoms with Gasteiger partial charge >= 0.3 is 0 Å². The molecule has 3 nitrogen and oxygen atoms in total. The molecule has 1 N–H and O–H groups in total. The summed E-state index contributed by atoms with van der Waals surface area (Å²) in [5.41, 5.74) is 0. The molecule has 1 amide bonds. The summed E-state index contributed by atoms with van der Waals surface area (Å²) >= 11 is 1.59. The second-order valence-electron chi connectivity index (χ2n) is 4.70. The Labute approximate surface area is 110 Å². The van der Waals surface area contributed by atoms with Crippen LogP contribution in [0.4, 0.5) is 0 Å². The number of benzene rings is 1. The maximum atomic E-state index is 12.5. The SMILES string of the molecule is C[C@H]1CNCCN1C(=O)c1cc2ccccc2s1. The summed E-state index contributed by atoms with van der Waals surface area (Å²) in [7, 11) is 0. The molecule has 1 aliphatic heterocycles. The molecule has 0 unspecified atom stereocenters. The van der Waals surface area contributed by atoms with Crippen LogP contribution in [0.2, 0.25) is 0 Å².